The van der Waals surface area contributed by atoms with Gasteiger partial charge >= 0.3 is 0 Å². The van der Waals surface area contributed by atoms with Gasteiger partial charge in [0.05, 0.1) is 6.10 Å². The quantitative estimate of drug-likeness (QED) is 0.789. The highest BCUT2D eigenvalue weighted by Crippen LogP contribution is 2.26. The van der Waals surface area contributed by atoms with Crippen molar-refractivity contribution < 1.29 is 5.11 Å². The van der Waals surface area contributed by atoms with Gasteiger partial charge in [-0.2, -0.15) is 0 Å². The molecule has 0 fully saturated rings. The molecule has 3 heteroatoms. The highest BCUT2D eigenvalue weighted by molar-refractivity contribution is 7.12. The smallest absolute Gasteiger partial charge is 0.0692 e. The van der Waals surface area contributed by atoms with Crippen molar-refractivity contribution in [3.05, 3.63) is 21.4 Å². The summed E-state index contributed by atoms with van der Waals surface area (Å²) >= 11 is 1.84. The van der Waals surface area contributed by atoms with Crippen molar-refractivity contribution in [2.24, 2.45) is 5.92 Å². The molecule has 0 bridgehead atoms. The number of aliphatic hydroxyl groups is 1. The van der Waals surface area contributed by atoms with E-state index in [9.17, 15) is 5.11 Å². The van der Waals surface area contributed by atoms with Gasteiger partial charge in [-0.15, -0.1) is 11.3 Å². The summed E-state index contributed by atoms with van der Waals surface area (Å²) in [5, 5.41) is 13.6. The number of thiophene rings is 1. The maximum absolute atomic E-state index is 10.1. The molecule has 0 radical (unpaired) electrons. The largest absolute Gasteiger partial charge is 0.392 e. The monoisotopic (exact) mass is 269 g/mol. The van der Waals surface area contributed by atoms with Crippen molar-refractivity contribution in [3.63, 3.8) is 0 Å². The number of nitrogens with one attached hydrogen (secondary N) is 1. The predicted molar refractivity (Wildman–Crippen MR) is 80.3 cm³/mol. The van der Waals surface area contributed by atoms with Crippen LogP contribution >= 0.6 is 11.3 Å². The molecular weight excluding hydrogens is 242 g/mol. The first kappa shape index (κ1) is 15.7. The Balaban J connectivity index is 2.50. The van der Waals surface area contributed by atoms with Crippen LogP contribution in [0.2, 0.25) is 0 Å². The topological polar surface area (TPSA) is 32.3 Å². The van der Waals surface area contributed by atoms with Gasteiger partial charge in [-0.25, -0.2) is 0 Å². The van der Waals surface area contributed by atoms with E-state index in [0.29, 0.717) is 18.5 Å². The highest BCUT2D eigenvalue weighted by atomic mass is 32.1. The van der Waals surface area contributed by atoms with Crippen LogP contribution in [0.15, 0.2) is 6.07 Å². The minimum Gasteiger partial charge on any atom is -0.392 e. The first-order chi connectivity index (χ1) is 8.49. The standard InChI is InChI=1S/C15H27NOS/c1-6-13(7-2)15(17)9-16-11(4)14-8-10(3)18-12(14)5/h8,11,13,15-17H,6-7,9H2,1-5H3. The van der Waals surface area contributed by atoms with Crippen LogP contribution in [0.4, 0.5) is 0 Å². The molecule has 2 N–H and O–H groups in total. The summed E-state index contributed by atoms with van der Waals surface area (Å²) < 4.78 is 0. The lowest BCUT2D eigenvalue weighted by atomic mass is 9.96. The zero-order valence-electron chi connectivity index (χ0n) is 12.3. The van der Waals surface area contributed by atoms with Crippen LogP contribution < -0.4 is 5.32 Å². The van der Waals surface area contributed by atoms with E-state index in [1.165, 1.54) is 15.3 Å². The second-order valence-corrected chi connectivity index (χ2v) is 6.60. The van der Waals surface area contributed by atoms with Gasteiger partial charge < -0.3 is 10.4 Å². The molecule has 0 aromatic carbocycles. The molecule has 1 aromatic rings. The van der Waals surface area contributed by atoms with E-state index in [1.54, 1.807) is 0 Å². The lowest BCUT2D eigenvalue weighted by Gasteiger charge is -2.23. The molecule has 18 heavy (non-hydrogen) atoms. The maximum atomic E-state index is 10.1. The van der Waals surface area contributed by atoms with Crippen LogP contribution in [0.1, 0.15) is 55.0 Å². The van der Waals surface area contributed by atoms with E-state index in [2.05, 4.69) is 46.0 Å². The molecule has 0 aliphatic carbocycles. The molecule has 2 unspecified atom stereocenters. The first-order valence-corrected chi connectivity index (χ1v) is 7.79. The summed E-state index contributed by atoms with van der Waals surface area (Å²) in [5.41, 5.74) is 1.37. The Hall–Kier alpha value is -0.380. The third-order valence-corrected chi connectivity index (χ3v) is 4.75. The molecule has 1 heterocycles. The SMILES string of the molecule is CCC(CC)C(O)CNC(C)c1cc(C)sc1C. The molecule has 0 spiro atoms. The zero-order valence-corrected chi connectivity index (χ0v) is 13.1. The van der Waals surface area contributed by atoms with Gasteiger partial charge in [-0.3, -0.25) is 0 Å². The van der Waals surface area contributed by atoms with Gasteiger partial charge in [0, 0.05) is 22.3 Å². The number of hydrogen-bond donors (Lipinski definition) is 2. The van der Waals surface area contributed by atoms with Crippen LogP contribution in [0.25, 0.3) is 0 Å². The fraction of sp³-hybridized carbons (Fsp3) is 0.733. The van der Waals surface area contributed by atoms with Crippen LogP contribution in [0, 0.1) is 19.8 Å². The summed E-state index contributed by atoms with van der Waals surface area (Å²) in [5.74, 6) is 0.412. The van der Waals surface area contributed by atoms with E-state index in [0.717, 1.165) is 12.8 Å². The average Bonchev–Trinajstić information content (AvgIpc) is 2.67. The highest BCUT2D eigenvalue weighted by Gasteiger charge is 2.17. The second kappa shape index (κ2) is 7.27. The Kier molecular flexibility index (Phi) is 6.33. The molecule has 2 nitrogen and oxygen atoms in total. The van der Waals surface area contributed by atoms with E-state index >= 15 is 0 Å². The molecule has 1 rings (SSSR count). The lowest BCUT2D eigenvalue weighted by molar-refractivity contribution is 0.0989. The Morgan fingerprint density at radius 2 is 1.89 bits per heavy atom. The van der Waals surface area contributed by atoms with Crippen molar-refractivity contribution in [1.29, 1.82) is 0 Å². The van der Waals surface area contributed by atoms with Gasteiger partial charge in [0.1, 0.15) is 0 Å². The van der Waals surface area contributed by atoms with Crippen LogP contribution in [0.3, 0.4) is 0 Å². The molecule has 0 amide bonds. The van der Waals surface area contributed by atoms with E-state index < -0.39 is 0 Å². The molecular formula is C15H27NOS. The Bertz CT molecular complexity index is 357. The number of aryl methyl sites for hydroxylation is 2. The summed E-state index contributed by atoms with van der Waals surface area (Å²) in [6.45, 7) is 11.5. The molecule has 0 aliphatic heterocycles. The Morgan fingerprint density at radius 1 is 1.28 bits per heavy atom. The Morgan fingerprint density at radius 3 is 2.33 bits per heavy atom. The molecule has 2 atom stereocenters. The maximum Gasteiger partial charge on any atom is 0.0692 e. The second-order valence-electron chi connectivity index (χ2n) is 5.14. The van der Waals surface area contributed by atoms with Crippen molar-refractivity contribution >= 4 is 11.3 Å². The minimum atomic E-state index is -0.234. The van der Waals surface area contributed by atoms with Crippen LogP contribution in [0.5, 0.6) is 0 Å². The fourth-order valence-corrected chi connectivity index (χ4v) is 3.51. The van der Waals surface area contributed by atoms with Gasteiger partial charge in [-0.1, -0.05) is 26.7 Å². The van der Waals surface area contributed by atoms with E-state index in [4.69, 9.17) is 0 Å². The first-order valence-electron chi connectivity index (χ1n) is 6.97. The van der Waals surface area contributed by atoms with Gasteiger partial charge in [0.25, 0.3) is 0 Å². The van der Waals surface area contributed by atoms with Crippen molar-refractivity contribution in [1.82, 2.24) is 5.32 Å². The number of hydrogen-bond acceptors (Lipinski definition) is 3. The summed E-state index contributed by atoms with van der Waals surface area (Å²) in [7, 11) is 0. The normalized spacial score (nSPS) is 15.1. The van der Waals surface area contributed by atoms with Crippen LogP contribution in [-0.2, 0) is 0 Å². The summed E-state index contributed by atoms with van der Waals surface area (Å²) in [4.78, 5) is 2.74. The number of aliphatic hydroxyl groups excluding tert-OH is 1. The van der Waals surface area contributed by atoms with E-state index in [-0.39, 0.29) is 6.10 Å². The van der Waals surface area contributed by atoms with Crippen LogP contribution in [-0.4, -0.2) is 17.8 Å². The predicted octanol–water partition coefficient (Wildman–Crippen LogP) is 3.81. The summed E-state index contributed by atoms with van der Waals surface area (Å²) in [6.07, 6.45) is 1.86. The number of rotatable bonds is 7. The van der Waals surface area contributed by atoms with Gasteiger partial charge in [0.2, 0.25) is 0 Å². The zero-order chi connectivity index (χ0) is 13.7. The van der Waals surface area contributed by atoms with Crippen molar-refractivity contribution in [3.8, 4) is 0 Å². The third kappa shape index (κ3) is 4.08. The molecule has 0 saturated heterocycles. The van der Waals surface area contributed by atoms with E-state index in [1.807, 2.05) is 11.3 Å². The van der Waals surface area contributed by atoms with Crippen molar-refractivity contribution in [2.75, 3.05) is 6.54 Å². The average molecular weight is 269 g/mol. The molecule has 0 aliphatic rings. The lowest BCUT2D eigenvalue weighted by Crippen LogP contribution is -2.34. The van der Waals surface area contributed by atoms with Gasteiger partial charge in [0.15, 0.2) is 0 Å². The Labute approximate surface area is 115 Å². The summed E-state index contributed by atoms with van der Waals surface area (Å²) in [6, 6.07) is 2.57. The molecule has 1 aromatic heterocycles. The van der Waals surface area contributed by atoms with Crippen molar-refractivity contribution in [2.45, 2.75) is 59.6 Å². The molecule has 104 valence electrons. The fourth-order valence-electron chi connectivity index (χ4n) is 2.49. The molecule has 0 saturated carbocycles. The van der Waals surface area contributed by atoms with Gasteiger partial charge in [-0.05, 0) is 38.3 Å². The minimum absolute atomic E-state index is 0.234. The third-order valence-electron chi connectivity index (χ3n) is 3.77.